The van der Waals surface area contributed by atoms with Gasteiger partial charge in [-0.1, -0.05) is 22.9 Å². The van der Waals surface area contributed by atoms with Crippen molar-refractivity contribution >= 4 is 40.3 Å². The Kier molecular flexibility index (Phi) is 7.86. The summed E-state index contributed by atoms with van der Waals surface area (Å²) in [6.07, 6.45) is 1.17. The standard InChI is InChI=1S/C9H12BrNS.ClH/c1-2-7-11-12-9-5-3-8(10)4-6-9;/h3-6,11H,2,7H2,1H3;1H. The molecule has 74 valence electrons. The summed E-state index contributed by atoms with van der Waals surface area (Å²) >= 11 is 5.08. The summed E-state index contributed by atoms with van der Waals surface area (Å²) in [7, 11) is 0. The molecule has 1 N–H and O–H groups in total. The lowest BCUT2D eigenvalue weighted by atomic mass is 10.4. The van der Waals surface area contributed by atoms with E-state index < -0.39 is 0 Å². The summed E-state index contributed by atoms with van der Waals surface area (Å²) in [4.78, 5) is 1.26. The van der Waals surface area contributed by atoms with Crippen LogP contribution in [0, 0.1) is 0 Å². The van der Waals surface area contributed by atoms with Crippen molar-refractivity contribution in [2.45, 2.75) is 18.2 Å². The smallest absolute Gasteiger partial charge is 0.0228 e. The van der Waals surface area contributed by atoms with Crippen molar-refractivity contribution in [2.75, 3.05) is 6.54 Å². The van der Waals surface area contributed by atoms with Gasteiger partial charge in [-0.25, -0.2) is 0 Å². The minimum atomic E-state index is 0. The molecule has 0 saturated heterocycles. The lowest BCUT2D eigenvalue weighted by Gasteiger charge is -2.01. The number of hydrogen-bond donors (Lipinski definition) is 1. The zero-order valence-corrected chi connectivity index (χ0v) is 10.6. The fourth-order valence-corrected chi connectivity index (χ4v) is 1.75. The first-order valence-corrected chi connectivity index (χ1v) is 5.59. The quantitative estimate of drug-likeness (QED) is 0.664. The van der Waals surface area contributed by atoms with E-state index in [9.17, 15) is 0 Å². The molecular weight excluding hydrogens is 270 g/mol. The molecule has 0 aliphatic heterocycles. The van der Waals surface area contributed by atoms with Crippen LogP contribution in [0.15, 0.2) is 33.6 Å². The van der Waals surface area contributed by atoms with Crippen LogP contribution >= 0.6 is 40.3 Å². The van der Waals surface area contributed by atoms with Crippen LogP contribution in [0.3, 0.4) is 0 Å². The van der Waals surface area contributed by atoms with E-state index in [0.29, 0.717) is 0 Å². The van der Waals surface area contributed by atoms with E-state index in [2.05, 4.69) is 51.8 Å². The molecule has 0 fully saturated rings. The molecule has 0 heterocycles. The Hall–Kier alpha value is 0.300. The van der Waals surface area contributed by atoms with Crippen LogP contribution in [0.4, 0.5) is 0 Å². The average molecular weight is 283 g/mol. The van der Waals surface area contributed by atoms with Crippen LogP contribution in [0.5, 0.6) is 0 Å². The van der Waals surface area contributed by atoms with Crippen LogP contribution in [-0.4, -0.2) is 6.54 Å². The first-order chi connectivity index (χ1) is 5.83. The number of nitrogens with one attached hydrogen (secondary N) is 1. The van der Waals surface area contributed by atoms with Crippen molar-refractivity contribution in [3.05, 3.63) is 28.7 Å². The SMILES string of the molecule is CCCNSc1ccc(Br)cc1.Cl. The van der Waals surface area contributed by atoms with Crippen LogP contribution < -0.4 is 4.72 Å². The Morgan fingerprint density at radius 3 is 2.46 bits per heavy atom. The number of benzene rings is 1. The molecule has 0 saturated carbocycles. The summed E-state index contributed by atoms with van der Waals surface area (Å²) in [6.45, 7) is 3.22. The highest BCUT2D eigenvalue weighted by atomic mass is 79.9. The molecule has 13 heavy (non-hydrogen) atoms. The van der Waals surface area contributed by atoms with Gasteiger partial charge in [0.15, 0.2) is 0 Å². The highest BCUT2D eigenvalue weighted by molar-refractivity contribution is 9.10. The van der Waals surface area contributed by atoms with E-state index in [1.54, 1.807) is 11.9 Å². The summed E-state index contributed by atoms with van der Waals surface area (Å²) in [5, 5.41) is 0. The van der Waals surface area contributed by atoms with Gasteiger partial charge in [0, 0.05) is 15.9 Å². The predicted octanol–water partition coefficient (Wildman–Crippen LogP) is 3.88. The topological polar surface area (TPSA) is 12.0 Å². The third kappa shape index (κ3) is 5.57. The first kappa shape index (κ1) is 13.3. The zero-order chi connectivity index (χ0) is 8.81. The van der Waals surface area contributed by atoms with Gasteiger partial charge in [-0.05, 0) is 42.6 Å². The maximum absolute atomic E-state index is 3.40. The van der Waals surface area contributed by atoms with E-state index in [-0.39, 0.29) is 12.4 Å². The lowest BCUT2D eigenvalue weighted by molar-refractivity contribution is 0.877. The summed E-state index contributed by atoms with van der Waals surface area (Å²) < 4.78 is 4.40. The fraction of sp³-hybridized carbons (Fsp3) is 0.333. The van der Waals surface area contributed by atoms with Gasteiger partial charge in [-0.2, -0.15) is 0 Å². The molecule has 1 nitrogen and oxygen atoms in total. The highest BCUT2D eigenvalue weighted by Crippen LogP contribution is 2.17. The second-order valence-corrected chi connectivity index (χ2v) is 4.33. The normalized spacial score (nSPS) is 9.38. The van der Waals surface area contributed by atoms with Gasteiger partial charge in [0.25, 0.3) is 0 Å². The van der Waals surface area contributed by atoms with Crippen LogP contribution in [0.2, 0.25) is 0 Å². The first-order valence-electron chi connectivity index (χ1n) is 3.98. The summed E-state index contributed by atoms with van der Waals surface area (Å²) in [5.74, 6) is 0. The molecule has 0 bridgehead atoms. The molecule has 0 spiro atoms. The van der Waals surface area contributed by atoms with E-state index in [4.69, 9.17) is 0 Å². The molecule has 0 amide bonds. The van der Waals surface area contributed by atoms with Crippen LogP contribution in [0.1, 0.15) is 13.3 Å². The number of halogens is 2. The Labute approximate surface area is 98.4 Å². The molecule has 1 aromatic rings. The number of hydrogen-bond acceptors (Lipinski definition) is 2. The average Bonchev–Trinajstić information content (AvgIpc) is 2.09. The van der Waals surface area contributed by atoms with E-state index in [1.807, 2.05) is 0 Å². The molecule has 1 aromatic carbocycles. The molecule has 0 unspecified atom stereocenters. The van der Waals surface area contributed by atoms with Crippen molar-refractivity contribution in [1.29, 1.82) is 0 Å². The minimum Gasteiger partial charge on any atom is -0.260 e. The summed E-state index contributed by atoms with van der Waals surface area (Å²) in [6, 6.07) is 8.29. The third-order valence-electron chi connectivity index (χ3n) is 1.36. The van der Waals surface area contributed by atoms with Crippen molar-refractivity contribution in [1.82, 2.24) is 4.72 Å². The van der Waals surface area contributed by atoms with Crippen LogP contribution in [0.25, 0.3) is 0 Å². The van der Waals surface area contributed by atoms with Gasteiger partial charge < -0.3 is 0 Å². The zero-order valence-electron chi connectivity index (χ0n) is 7.42. The van der Waals surface area contributed by atoms with Gasteiger partial charge in [-0.15, -0.1) is 12.4 Å². The molecule has 0 aromatic heterocycles. The Balaban J connectivity index is 0.00000144. The van der Waals surface area contributed by atoms with E-state index in [1.165, 1.54) is 11.3 Å². The van der Waals surface area contributed by atoms with Gasteiger partial charge >= 0.3 is 0 Å². The molecular formula is C9H13BrClNS. The second-order valence-electron chi connectivity index (χ2n) is 2.45. The monoisotopic (exact) mass is 281 g/mol. The maximum Gasteiger partial charge on any atom is 0.0228 e. The minimum absolute atomic E-state index is 0. The highest BCUT2D eigenvalue weighted by Gasteiger charge is 1.91. The molecule has 1 rings (SSSR count). The van der Waals surface area contributed by atoms with Gasteiger partial charge in [-0.3, -0.25) is 4.72 Å². The largest absolute Gasteiger partial charge is 0.260 e. The Morgan fingerprint density at radius 2 is 1.92 bits per heavy atom. The second kappa shape index (κ2) is 7.68. The maximum atomic E-state index is 3.40. The van der Waals surface area contributed by atoms with Crippen molar-refractivity contribution in [3.8, 4) is 0 Å². The Morgan fingerprint density at radius 1 is 1.31 bits per heavy atom. The molecule has 0 atom stereocenters. The summed E-state index contributed by atoms with van der Waals surface area (Å²) in [5.41, 5.74) is 0. The van der Waals surface area contributed by atoms with Gasteiger partial charge in [0.05, 0.1) is 0 Å². The number of rotatable bonds is 4. The van der Waals surface area contributed by atoms with Gasteiger partial charge in [0.1, 0.15) is 0 Å². The predicted molar refractivity (Wildman–Crippen MR) is 65.5 cm³/mol. The van der Waals surface area contributed by atoms with E-state index >= 15 is 0 Å². The van der Waals surface area contributed by atoms with Gasteiger partial charge in [0.2, 0.25) is 0 Å². The van der Waals surface area contributed by atoms with Crippen molar-refractivity contribution in [3.63, 3.8) is 0 Å². The fourth-order valence-electron chi connectivity index (χ4n) is 0.739. The van der Waals surface area contributed by atoms with Crippen LogP contribution in [-0.2, 0) is 0 Å². The molecule has 0 radical (unpaired) electrons. The Bertz CT molecular complexity index is 228. The molecule has 0 aliphatic carbocycles. The van der Waals surface area contributed by atoms with E-state index in [0.717, 1.165) is 11.0 Å². The van der Waals surface area contributed by atoms with Crippen molar-refractivity contribution in [2.24, 2.45) is 0 Å². The lowest BCUT2D eigenvalue weighted by Crippen LogP contribution is -2.02. The third-order valence-corrected chi connectivity index (χ3v) is 2.74. The molecule has 4 heteroatoms. The molecule has 0 aliphatic rings. The van der Waals surface area contributed by atoms with Crippen molar-refractivity contribution < 1.29 is 0 Å².